The first-order valence-corrected chi connectivity index (χ1v) is 5.51. The molecule has 62 valence electrons. The fraction of sp³-hybridized carbons (Fsp3) is 1.00. The molecular formula is C6H15IN3-. The van der Waals surface area contributed by atoms with Crippen LogP contribution in [-0.2, 0) is 0 Å². The molecule has 1 aliphatic heterocycles. The number of hydrogen-bond acceptors (Lipinski definition) is 3. The van der Waals surface area contributed by atoms with Crippen molar-refractivity contribution in [3.05, 3.63) is 0 Å². The van der Waals surface area contributed by atoms with Crippen LogP contribution in [0.15, 0.2) is 0 Å². The number of nitrogens with one attached hydrogen (secondary N) is 1. The van der Waals surface area contributed by atoms with Gasteiger partial charge >= 0.3 is 73.6 Å². The summed E-state index contributed by atoms with van der Waals surface area (Å²) in [7, 11) is 4.33. The van der Waals surface area contributed by atoms with Crippen LogP contribution in [-0.4, -0.2) is 34.4 Å². The predicted octanol–water partition coefficient (Wildman–Crippen LogP) is -2.94. The van der Waals surface area contributed by atoms with Crippen LogP contribution in [0.3, 0.4) is 0 Å². The molecule has 1 heterocycles. The van der Waals surface area contributed by atoms with Gasteiger partial charge in [-0.25, -0.2) is 0 Å². The topological polar surface area (TPSA) is 18.5 Å². The molecule has 4 heteroatoms. The van der Waals surface area contributed by atoms with Gasteiger partial charge in [-0.05, 0) is 0 Å². The van der Waals surface area contributed by atoms with Gasteiger partial charge in [0, 0.05) is 0 Å². The van der Waals surface area contributed by atoms with Crippen molar-refractivity contribution in [3.8, 4) is 0 Å². The molecule has 1 N–H and O–H groups in total. The van der Waals surface area contributed by atoms with Gasteiger partial charge in [-0.15, -0.1) is 0 Å². The molecule has 10 heavy (non-hydrogen) atoms. The standard InChI is InChI=1S/C6H15IN3/c1-5-8-7-10(4)6(2)9(5)3/h5-6,8H,1-4H3/q-1. The van der Waals surface area contributed by atoms with E-state index in [0.717, 1.165) is 0 Å². The summed E-state index contributed by atoms with van der Waals surface area (Å²) < 4.78 is 5.86. The van der Waals surface area contributed by atoms with E-state index >= 15 is 0 Å². The summed E-state index contributed by atoms with van der Waals surface area (Å²) in [5.74, 6) is 0. The first kappa shape index (κ1) is 8.70. The van der Waals surface area contributed by atoms with Crippen molar-refractivity contribution in [2.75, 3.05) is 14.1 Å². The van der Waals surface area contributed by atoms with Crippen molar-refractivity contribution >= 4 is 0 Å². The Kier molecular flexibility index (Phi) is 2.91. The number of hydrogen-bond donors (Lipinski definition) is 1. The van der Waals surface area contributed by atoms with Gasteiger partial charge in [-0.1, -0.05) is 0 Å². The van der Waals surface area contributed by atoms with E-state index in [4.69, 9.17) is 0 Å². The average molecular weight is 256 g/mol. The van der Waals surface area contributed by atoms with Gasteiger partial charge in [0.15, 0.2) is 0 Å². The molecule has 0 aromatic rings. The number of nitrogens with zero attached hydrogens (tertiary/aromatic N) is 2. The third-order valence-electron chi connectivity index (χ3n) is 2.06. The Morgan fingerprint density at radius 2 is 1.90 bits per heavy atom. The van der Waals surface area contributed by atoms with E-state index in [9.17, 15) is 0 Å². The Morgan fingerprint density at radius 1 is 1.30 bits per heavy atom. The second kappa shape index (κ2) is 3.34. The van der Waals surface area contributed by atoms with Gasteiger partial charge in [0.1, 0.15) is 0 Å². The minimum atomic E-state index is 0.0860. The van der Waals surface area contributed by atoms with E-state index in [0.29, 0.717) is 12.3 Å². The van der Waals surface area contributed by atoms with Crippen LogP contribution in [0, 0.1) is 0 Å². The second-order valence-corrected chi connectivity index (χ2v) is 5.32. The van der Waals surface area contributed by atoms with Gasteiger partial charge in [0.2, 0.25) is 0 Å². The van der Waals surface area contributed by atoms with Crippen LogP contribution in [0.1, 0.15) is 13.8 Å². The Hall–Kier alpha value is 0.610. The summed E-state index contributed by atoms with van der Waals surface area (Å²) in [6.45, 7) is 4.46. The molecule has 1 aliphatic rings. The number of rotatable bonds is 0. The van der Waals surface area contributed by atoms with Crippen LogP contribution in [0.5, 0.6) is 0 Å². The fourth-order valence-corrected chi connectivity index (χ4v) is 2.95. The molecule has 0 aromatic carbocycles. The number of halogens is 1. The first-order valence-electron chi connectivity index (χ1n) is 3.47. The van der Waals surface area contributed by atoms with E-state index in [-0.39, 0.29) is 21.8 Å². The molecule has 0 bridgehead atoms. The van der Waals surface area contributed by atoms with Crippen LogP contribution >= 0.6 is 0 Å². The molecule has 0 aliphatic carbocycles. The van der Waals surface area contributed by atoms with E-state index in [1.807, 2.05) is 0 Å². The minimum absolute atomic E-state index is 0.0860. The Morgan fingerprint density at radius 3 is 2.40 bits per heavy atom. The Bertz CT molecular complexity index is 106. The van der Waals surface area contributed by atoms with Crippen LogP contribution < -0.4 is 25.3 Å². The van der Waals surface area contributed by atoms with E-state index in [1.54, 1.807) is 0 Å². The van der Waals surface area contributed by atoms with Gasteiger partial charge in [0.05, 0.1) is 0 Å². The second-order valence-electron chi connectivity index (χ2n) is 2.69. The summed E-state index contributed by atoms with van der Waals surface area (Å²) in [4.78, 5) is 2.34. The Labute approximate surface area is 73.7 Å². The van der Waals surface area contributed by atoms with Crippen molar-refractivity contribution in [1.82, 2.24) is 11.5 Å². The van der Waals surface area contributed by atoms with Crippen LogP contribution in [0.25, 0.3) is 0 Å². The van der Waals surface area contributed by atoms with Crippen LogP contribution in [0.2, 0.25) is 0 Å². The molecule has 0 saturated carbocycles. The molecular weight excluding hydrogens is 241 g/mol. The fourth-order valence-electron chi connectivity index (χ4n) is 0.870. The maximum atomic E-state index is 3.47. The molecule has 0 spiro atoms. The maximum absolute atomic E-state index is 3.47. The quantitative estimate of drug-likeness (QED) is 0.370. The van der Waals surface area contributed by atoms with Crippen molar-refractivity contribution in [3.63, 3.8) is 0 Å². The summed E-state index contributed by atoms with van der Waals surface area (Å²) >= 11 is 0.0860. The van der Waals surface area contributed by atoms with Crippen molar-refractivity contribution in [2.45, 2.75) is 26.2 Å². The molecule has 2 unspecified atom stereocenters. The average Bonchev–Trinajstić information content (AvgIpc) is 1.93. The molecule has 3 nitrogen and oxygen atoms in total. The monoisotopic (exact) mass is 256 g/mol. The normalized spacial score (nSPS) is 39.2. The molecule has 0 aromatic heterocycles. The first-order chi connectivity index (χ1) is 4.63. The van der Waals surface area contributed by atoms with Gasteiger partial charge < -0.3 is 0 Å². The van der Waals surface area contributed by atoms with Gasteiger partial charge in [-0.2, -0.15) is 0 Å². The van der Waals surface area contributed by atoms with Crippen molar-refractivity contribution < 1.29 is 21.8 Å². The Balaban J connectivity index is 2.52. The van der Waals surface area contributed by atoms with Gasteiger partial charge in [0.25, 0.3) is 0 Å². The zero-order valence-corrected chi connectivity index (χ0v) is 9.08. The zero-order valence-electron chi connectivity index (χ0n) is 6.93. The van der Waals surface area contributed by atoms with E-state index in [2.05, 4.69) is 39.5 Å². The van der Waals surface area contributed by atoms with E-state index < -0.39 is 0 Å². The third kappa shape index (κ3) is 1.61. The summed E-state index contributed by atoms with van der Waals surface area (Å²) in [6.07, 6.45) is 1.16. The molecule has 2 atom stereocenters. The van der Waals surface area contributed by atoms with Crippen LogP contribution in [0.4, 0.5) is 0 Å². The molecule has 1 saturated heterocycles. The SMILES string of the molecule is CC1N[I-]N(C)C(C)N1C. The summed E-state index contributed by atoms with van der Waals surface area (Å²) in [5.41, 5.74) is 0. The zero-order chi connectivity index (χ0) is 7.72. The third-order valence-corrected chi connectivity index (χ3v) is 4.80. The van der Waals surface area contributed by atoms with Gasteiger partial charge in [-0.3, -0.25) is 0 Å². The molecule has 1 rings (SSSR count). The summed E-state index contributed by atoms with van der Waals surface area (Å²) in [5, 5.41) is 0. The van der Waals surface area contributed by atoms with Crippen molar-refractivity contribution in [1.29, 1.82) is 0 Å². The van der Waals surface area contributed by atoms with E-state index in [1.165, 1.54) is 0 Å². The van der Waals surface area contributed by atoms with Crippen molar-refractivity contribution in [2.24, 2.45) is 0 Å². The molecule has 0 amide bonds. The predicted molar refractivity (Wildman–Crippen MR) is 37.6 cm³/mol. The molecule has 0 radical (unpaired) electrons. The summed E-state index contributed by atoms with van der Waals surface area (Å²) in [6, 6.07) is 0. The molecule has 1 fully saturated rings.